The lowest BCUT2D eigenvalue weighted by Crippen LogP contribution is -2.42. The highest BCUT2D eigenvalue weighted by Gasteiger charge is 2.45. The van der Waals surface area contributed by atoms with Crippen molar-refractivity contribution in [2.45, 2.75) is 43.9 Å². The zero-order valence-corrected chi connectivity index (χ0v) is 9.52. The summed E-state index contributed by atoms with van der Waals surface area (Å²) in [5.74, 6) is 0.975. The van der Waals surface area contributed by atoms with Crippen LogP contribution in [0, 0.1) is 5.92 Å². The number of likely N-dealkylation sites (tertiary alicyclic amines) is 1. The van der Waals surface area contributed by atoms with Crippen molar-refractivity contribution in [2.75, 3.05) is 26.8 Å². The monoisotopic (exact) mass is 211 g/mol. The van der Waals surface area contributed by atoms with Crippen molar-refractivity contribution in [3.8, 4) is 0 Å². The molecule has 1 aliphatic carbocycles. The van der Waals surface area contributed by atoms with Crippen LogP contribution < -0.4 is 0 Å². The van der Waals surface area contributed by atoms with E-state index in [1.54, 1.807) is 0 Å². The largest absolute Gasteiger partial charge is 0.377 e. The summed E-state index contributed by atoms with van der Waals surface area (Å²) >= 11 is 0. The van der Waals surface area contributed by atoms with E-state index >= 15 is 0 Å². The molecular formula is C12H21NO2. The van der Waals surface area contributed by atoms with E-state index in [-0.39, 0.29) is 0 Å². The Balaban J connectivity index is 1.67. The minimum absolute atomic E-state index is 0.314. The maximum Gasteiger partial charge on any atom is 0.100 e. The molecule has 0 spiro atoms. The molecule has 0 N–H and O–H groups in total. The molecular weight excluding hydrogens is 190 g/mol. The van der Waals surface area contributed by atoms with Crippen molar-refractivity contribution in [1.29, 1.82) is 0 Å². The number of hydrogen-bond donors (Lipinski definition) is 0. The quantitative estimate of drug-likeness (QED) is 0.702. The van der Waals surface area contributed by atoms with Crippen LogP contribution in [-0.4, -0.2) is 50.0 Å². The van der Waals surface area contributed by atoms with Crippen LogP contribution in [0.25, 0.3) is 0 Å². The van der Waals surface area contributed by atoms with Gasteiger partial charge in [0.1, 0.15) is 6.10 Å². The number of ether oxygens (including phenoxy) is 2. The van der Waals surface area contributed by atoms with Crippen molar-refractivity contribution in [3.63, 3.8) is 0 Å². The molecule has 3 atom stereocenters. The first kappa shape index (κ1) is 10.1. The lowest BCUT2D eigenvalue weighted by molar-refractivity contribution is -0.0653. The second-order valence-electron chi connectivity index (χ2n) is 5.22. The smallest absolute Gasteiger partial charge is 0.100 e. The fourth-order valence-electron chi connectivity index (χ4n) is 3.05. The van der Waals surface area contributed by atoms with E-state index in [0.717, 1.165) is 19.1 Å². The average molecular weight is 211 g/mol. The molecule has 0 amide bonds. The van der Waals surface area contributed by atoms with Gasteiger partial charge in [0, 0.05) is 32.8 Å². The van der Waals surface area contributed by atoms with Gasteiger partial charge in [-0.2, -0.15) is 0 Å². The van der Waals surface area contributed by atoms with E-state index in [1.165, 1.54) is 32.2 Å². The van der Waals surface area contributed by atoms with Gasteiger partial charge in [0.25, 0.3) is 0 Å². The molecule has 3 rings (SSSR count). The van der Waals surface area contributed by atoms with E-state index in [1.807, 2.05) is 7.11 Å². The zero-order valence-electron chi connectivity index (χ0n) is 9.52. The van der Waals surface area contributed by atoms with E-state index < -0.39 is 0 Å². The van der Waals surface area contributed by atoms with Crippen molar-refractivity contribution < 1.29 is 9.47 Å². The number of nitrogens with zero attached hydrogens (tertiary/aromatic N) is 1. The van der Waals surface area contributed by atoms with Gasteiger partial charge in [-0.05, 0) is 31.6 Å². The SMILES string of the molecule is CO[C@H]1CN(CC2CC2)[C@@H]2CCCO[C@H]12. The van der Waals surface area contributed by atoms with E-state index in [0.29, 0.717) is 18.2 Å². The zero-order chi connectivity index (χ0) is 10.3. The highest BCUT2D eigenvalue weighted by Crippen LogP contribution is 2.36. The van der Waals surface area contributed by atoms with Crippen LogP contribution >= 0.6 is 0 Å². The molecule has 3 aliphatic rings. The molecule has 0 bridgehead atoms. The van der Waals surface area contributed by atoms with Crippen LogP contribution in [0.1, 0.15) is 25.7 Å². The molecule has 0 radical (unpaired) electrons. The minimum Gasteiger partial charge on any atom is -0.377 e. The van der Waals surface area contributed by atoms with Gasteiger partial charge in [0.05, 0.1) is 6.10 Å². The number of rotatable bonds is 3. The van der Waals surface area contributed by atoms with Gasteiger partial charge in [-0.25, -0.2) is 0 Å². The van der Waals surface area contributed by atoms with Crippen LogP contribution in [0.4, 0.5) is 0 Å². The van der Waals surface area contributed by atoms with Crippen molar-refractivity contribution in [1.82, 2.24) is 4.90 Å². The second kappa shape index (κ2) is 4.04. The van der Waals surface area contributed by atoms with Gasteiger partial charge < -0.3 is 9.47 Å². The first-order valence-corrected chi connectivity index (χ1v) is 6.27. The fraction of sp³-hybridized carbons (Fsp3) is 1.00. The summed E-state index contributed by atoms with van der Waals surface area (Å²) in [6.45, 7) is 3.30. The molecule has 2 saturated heterocycles. The molecule has 0 aromatic carbocycles. The number of hydrogen-bond acceptors (Lipinski definition) is 3. The third kappa shape index (κ3) is 1.93. The average Bonchev–Trinajstić information content (AvgIpc) is 3.01. The Labute approximate surface area is 91.7 Å². The van der Waals surface area contributed by atoms with Crippen LogP contribution in [0.5, 0.6) is 0 Å². The first-order valence-electron chi connectivity index (χ1n) is 6.27. The number of fused-ring (bicyclic) bond motifs is 1. The van der Waals surface area contributed by atoms with Crippen LogP contribution in [0.3, 0.4) is 0 Å². The Morgan fingerprint density at radius 1 is 1.33 bits per heavy atom. The Morgan fingerprint density at radius 3 is 2.93 bits per heavy atom. The Morgan fingerprint density at radius 2 is 2.20 bits per heavy atom. The lowest BCUT2D eigenvalue weighted by atomic mass is 10.0. The maximum atomic E-state index is 5.87. The van der Waals surface area contributed by atoms with Crippen LogP contribution in [0.15, 0.2) is 0 Å². The van der Waals surface area contributed by atoms with Crippen LogP contribution in [0.2, 0.25) is 0 Å². The van der Waals surface area contributed by atoms with E-state index in [9.17, 15) is 0 Å². The lowest BCUT2D eigenvalue weighted by Gasteiger charge is -2.32. The molecule has 2 aliphatic heterocycles. The summed E-state index contributed by atoms with van der Waals surface area (Å²) in [4.78, 5) is 2.62. The summed E-state index contributed by atoms with van der Waals surface area (Å²) in [6.07, 6.45) is 6.06. The summed E-state index contributed by atoms with van der Waals surface area (Å²) < 4.78 is 11.4. The van der Waals surface area contributed by atoms with Gasteiger partial charge in [-0.3, -0.25) is 4.90 Å². The first-order chi connectivity index (χ1) is 7.38. The van der Waals surface area contributed by atoms with E-state index in [2.05, 4.69) is 4.90 Å². The molecule has 86 valence electrons. The standard InChI is InChI=1S/C12H21NO2/c1-14-11-8-13(7-9-4-5-9)10-3-2-6-15-12(10)11/h9-12H,2-8H2,1H3/t10-,11+,12+/m1/s1. The molecule has 2 heterocycles. The summed E-state index contributed by atoms with van der Waals surface area (Å²) in [6, 6.07) is 0.643. The van der Waals surface area contributed by atoms with Gasteiger partial charge >= 0.3 is 0 Å². The maximum absolute atomic E-state index is 5.87. The van der Waals surface area contributed by atoms with Gasteiger partial charge in [-0.15, -0.1) is 0 Å². The molecule has 3 nitrogen and oxygen atoms in total. The Kier molecular flexibility index (Phi) is 2.71. The van der Waals surface area contributed by atoms with Gasteiger partial charge in [0.2, 0.25) is 0 Å². The van der Waals surface area contributed by atoms with Crippen molar-refractivity contribution in [2.24, 2.45) is 5.92 Å². The van der Waals surface area contributed by atoms with Crippen LogP contribution in [-0.2, 0) is 9.47 Å². The molecule has 1 saturated carbocycles. The van der Waals surface area contributed by atoms with Gasteiger partial charge in [-0.1, -0.05) is 0 Å². The normalized spacial score (nSPS) is 41.8. The topological polar surface area (TPSA) is 21.7 Å². The second-order valence-corrected chi connectivity index (χ2v) is 5.22. The summed E-state index contributed by atoms with van der Waals surface area (Å²) in [5, 5.41) is 0. The van der Waals surface area contributed by atoms with Crippen molar-refractivity contribution in [3.05, 3.63) is 0 Å². The third-order valence-corrected chi connectivity index (χ3v) is 4.08. The highest BCUT2D eigenvalue weighted by atomic mass is 16.5. The highest BCUT2D eigenvalue weighted by molar-refractivity contribution is 4.98. The minimum atomic E-state index is 0.314. The molecule has 0 unspecified atom stereocenters. The van der Waals surface area contributed by atoms with Gasteiger partial charge in [0.15, 0.2) is 0 Å². The van der Waals surface area contributed by atoms with Crippen molar-refractivity contribution >= 4 is 0 Å². The Bertz CT molecular complexity index is 230. The Hall–Kier alpha value is -0.120. The fourth-order valence-corrected chi connectivity index (χ4v) is 3.05. The van der Waals surface area contributed by atoms with E-state index in [4.69, 9.17) is 9.47 Å². The molecule has 15 heavy (non-hydrogen) atoms. The third-order valence-electron chi connectivity index (χ3n) is 4.08. The predicted octanol–water partition coefficient (Wildman–Crippen LogP) is 1.27. The summed E-state index contributed by atoms with van der Waals surface area (Å²) in [5.41, 5.74) is 0. The molecule has 0 aromatic heterocycles. The summed E-state index contributed by atoms with van der Waals surface area (Å²) in [7, 11) is 1.82. The molecule has 3 heteroatoms. The number of methoxy groups -OCH3 is 1. The molecule has 0 aromatic rings. The predicted molar refractivity (Wildman–Crippen MR) is 57.9 cm³/mol. The molecule has 3 fully saturated rings.